The lowest BCUT2D eigenvalue weighted by Gasteiger charge is -2.26. The first kappa shape index (κ1) is 19.4. The Balaban J connectivity index is 1.40. The average Bonchev–Trinajstić information content (AvgIpc) is 3.29. The van der Waals surface area contributed by atoms with E-state index in [0.29, 0.717) is 0 Å². The van der Waals surface area contributed by atoms with Gasteiger partial charge < -0.3 is 10.1 Å². The smallest absolute Gasteiger partial charge is 0.253 e. The number of carbonyl (C=O) groups excluding carboxylic acids is 1. The Kier molecular flexibility index (Phi) is 6.34. The van der Waals surface area contributed by atoms with Crippen LogP contribution in [0.25, 0.3) is 0 Å². The molecule has 6 heteroatoms. The molecule has 1 aromatic heterocycles. The Morgan fingerprint density at radius 1 is 1.03 bits per heavy atom. The minimum atomic E-state index is -0.507. The number of benzene rings is 2. The van der Waals surface area contributed by atoms with E-state index in [9.17, 15) is 4.79 Å². The van der Waals surface area contributed by atoms with Crippen LogP contribution in [0, 0.1) is 0 Å². The third-order valence-corrected chi connectivity index (χ3v) is 5.19. The van der Waals surface area contributed by atoms with Gasteiger partial charge in [0, 0.05) is 37.7 Å². The molecule has 0 bridgehead atoms. The molecule has 1 aliphatic rings. The van der Waals surface area contributed by atoms with Crippen LogP contribution in [-0.2, 0) is 16.0 Å². The zero-order chi connectivity index (χ0) is 19.9. The summed E-state index contributed by atoms with van der Waals surface area (Å²) in [6.07, 6.45) is 4.49. The van der Waals surface area contributed by atoms with Gasteiger partial charge in [-0.25, -0.2) is 0 Å². The number of rotatable bonds is 7. The number of nitrogens with one attached hydrogen (secondary N) is 1. The molecule has 2 aromatic carbocycles. The second-order valence-electron chi connectivity index (χ2n) is 7.19. The summed E-state index contributed by atoms with van der Waals surface area (Å²) in [5, 5.41) is 7.32. The Bertz CT molecular complexity index is 888. The van der Waals surface area contributed by atoms with Crippen molar-refractivity contribution in [3.8, 4) is 0 Å². The highest BCUT2D eigenvalue weighted by atomic mass is 16.5. The fraction of sp³-hybridized carbons (Fsp3) is 0.304. The fourth-order valence-electron chi connectivity index (χ4n) is 3.57. The molecule has 29 heavy (non-hydrogen) atoms. The maximum absolute atomic E-state index is 13.0. The number of morpholine rings is 1. The average molecular weight is 390 g/mol. The molecule has 1 aliphatic heterocycles. The van der Waals surface area contributed by atoms with Crippen LogP contribution in [-0.4, -0.2) is 53.4 Å². The van der Waals surface area contributed by atoms with E-state index in [1.54, 1.807) is 10.9 Å². The Morgan fingerprint density at radius 3 is 2.48 bits per heavy atom. The van der Waals surface area contributed by atoms with Gasteiger partial charge in [-0.05, 0) is 35.7 Å². The van der Waals surface area contributed by atoms with Crippen molar-refractivity contribution >= 4 is 11.6 Å². The van der Waals surface area contributed by atoms with Crippen LogP contribution in [0.4, 0.5) is 5.69 Å². The normalized spacial score (nSPS) is 15.7. The van der Waals surface area contributed by atoms with Crippen molar-refractivity contribution in [3.63, 3.8) is 0 Å². The fourth-order valence-corrected chi connectivity index (χ4v) is 3.57. The van der Waals surface area contributed by atoms with Crippen molar-refractivity contribution < 1.29 is 9.53 Å². The third-order valence-electron chi connectivity index (χ3n) is 5.19. The number of ether oxygens (including phenoxy) is 1. The van der Waals surface area contributed by atoms with E-state index in [4.69, 9.17) is 4.74 Å². The van der Waals surface area contributed by atoms with Crippen LogP contribution < -0.4 is 5.32 Å². The van der Waals surface area contributed by atoms with Gasteiger partial charge >= 0.3 is 0 Å². The van der Waals surface area contributed by atoms with Gasteiger partial charge in [-0.1, -0.05) is 42.5 Å². The van der Waals surface area contributed by atoms with Crippen LogP contribution in [0.15, 0.2) is 73.1 Å². The predicted molar refractivity (Wildman–Crippen MR) is 113 cm³/mol. The topological polar surface area (TPSA) is 59.4 Å². The number of hydrogen-bond donors (Lipinski definition) is 1. The summed E-state index contributed by atoms with van der Waals surface area (Å²) in [5.74, 6) is -0.110. The SMILES string of the molecule is O=C(Nc1ccc(CCN2CCOCC2)cc1)C(c1ccccc1)n1cccn1. The molecule has 2 heterocycles. The first-order valence-corrected chi connectivity index (χ1v) is 10.0. The summed E-state index contributed by atoms with van der Waals surface area (Å²) in [6, 6.07) is 19.1. The molecule has 1 atom stereocenters. The van der Waals surface area contributed by atoms with Crippen LogP contribution in [0.1, 0.15) is 17.2 Å². The Hall–Kier alpha value is -2.96. The number of hydrogen-bond acceptors (Lipinski definition) is 4. The molecule has 1 fully saturated rings. The maximum atomic E-state index is 13.0. The minimum Gasteiger partial charge on any atom is -0.379 e. The van der Waals surface area contributed by atoms with Crippen LogP contribution >= 0.6 is 0 Å². The first-order valence-electron chi connectivity index (χ1n) is 10.0. The number of aromatic nitrogens is 2. The first-order chi connectivity index (χ1) is 14.3. The lowest BCUT2D eigenvalue weighted by molar-refractivity contribution is -0.118. The van der Waals surface area contributed by atoms with Gasteiger partial charge in [-0.3, -0.25) is 14.4 Å². The molecule has 6 nitrogen and oxygen atoms in total. The molecular formula is C23H26N4O2. The maximum Gasteiger partial charge on any atom is 0.253 e. The predicted octanol–water partition coefficient (Wildman–Crippen LogP) is 2.99. The van der Waals surface area contributed by atoms with Crippen molar-refractivity contribution in [2.45, 2.75) is 12.5 Å². The molecule has 0 radical (unpaired) electrons. The van der Waals surface area contributed by atoms with Crippen LogP contribution in [0.2, 0.25) is 0 Å². The lowest BCUT2D eigenvalue weighted by Crippen LogP contribution is -2.37. The molecule has 150 valence electrons. The van der Waals surface area contributed by atoms with Gasteiger partial charge in [-0.2, -0.15) is 5.10 Å². The van der Waals surface area contributed by atoms with Gasteiger partial charge in [0.1, 0.15) is 0 Å². The van der Waals surface area contributed by atoms with E-state index in [-0.39, 0.29) is 5.91 Å². The highest BCUT2D eigenvalue weighted by Gasteiger charge is 2.23. The van der Waals surface area contributed by atoms with E-state index in [1.807, 2.05) is 54.7 Å². The van der Waals surface area contributed by atoms with Crippen molar-refractivity contribution in [2.24, 2.45) is 0 Å². The molecule has 1 N–H and O–H groups in total. The Labute approximate surface area is 171 Å². The van der Waals surface area contributed by atoms with E-state index in [2.05, 4.69) is 27.4 Å². The number of anilines is 1. The molecule has 4 rings (SSSR count). The van der Waals surface area contributed by atoms with Crippen molar-refractivity contribution in [1.82, 2.24) is 14.7 Å². The van der Waals surface area contributed by atoms with Crippen molar-refractivity contribution in [1.29, 1.82) is 0 Å². The van der Waals surface area contributed by atoms with Crippen molar-refractivity contribution in [2.75, 3.05) is 38.2 Å². The minimum absolute atomic E-state index is 0.110. The summed E-state index contributed by atoms with van der Waals surface area (Å²) in [4.78, 5) is 15.5. The monoisotopic (exact) mass is 390 g/mol. The Morgan fingerprint density at radius 2 is 1.79 bits per heavy atom. The summed E-state index contributed by atoms with van der Waals surface area (Å²) >= 11 is 0. The van der Waals surface area contributed by atoms with Gasteiger partial charge in [0.2, 0.25) is 0 Å². The lowest BCUT2D eigenvalue weighted by atomic mass is 10.1. The molecule has 3 aromatic rings. The van der Waals surface area contributed by atoms with Gasteiger partial charge in [0.05, 0.1) is 13.2 Å². The van der Waals surface area contributed by atoms with E-state index in [0.717, 1.165) is 50.5 Å². The molecule has 1 saturated heterocycles. The van der Waals surface area contributed by atoms with E-state index < -0.39 is 6.04 Å². The standard InChI is InChI=1S/C23H26N4O2/c28-23(22(27-13-4-12-24-27)20-5-2-1-3-6-20)25-21-9-7-19(8-10-21)11-14-26-15-17-29-18-16-26/h1-10,12-13,22H,11,14-18H2,(H,25,28). The number of amides is 1. The molecule has 1 unspecified atom stereocenters. The van der Waals surface area contributed by atoms with Crippen LogP contribution in [0.5, 0.6) is 0 Å². The zero-order valence-corrected chi connectivity index (χ0v) is 16.4. The summed E-state index contributed by atoms with van der Waals surface area (Å²) in [7, 11) is 0. The third kappa shape index (κ3) is 5.10. The second kappa shape index (κ2) is 9.49. The van der Waals surface area contributed by atoms with E-state index in [1.165, 1.54) is 5.56 Å². The highest BCUT2D eigenvalue weighted by Crippen LogP contribution is 2.20. The zero-order valence-electron chi connectivity index (χ0n) is 16.4. The molecule has 1 amide bonds. The molecular weight excluding hydrogens is 364 g/mol. The highest BCUT2D eigenvalue weighted by molar-refractivity contribution is 5.95. The van der Waals surface area contributed by atoms with E-state index >= 15 is 0 Å². The van der Waals surface area contributed by atoms with Crippen molar-refractivity contribution in [3.05, 3.63) is 84.2 Å². The summed E-state index contributed by atoms with van der Waals surface area (Å²) in [6.45, 7) is 4.68. The molecule has 0 spiro atoms. The van der Waals surface area contributed by atoms with Gasteiger partial charge in [-0.15, -0.1) is 0 Å². The summed E-state index contributed by atoms with van der Waals surface area (Å²) < 4.78 is 7.08. The number of nitrogens with zero attached hydrogens (tertiary/aromatic N) is 3. The number of carbonyl (C=O) groups is 1. The van der Waals surface area contributed by atoms with Gasteiger partial charge in [0.25, 0.3) is 5.91 Å². The second-order valence-corrected chi connectivity index (χ2v) is 7.19. The molecule has 0 saturated carbocycles. The quantitative estimate of drug-likeness (QED) is 0.674. The molecule has 0 aliphatic carbocycles. The van der Waals surface area contributed by atoms with Crippen LogP contribution in [0.3, 0.4) is 0 Å². The largest absolute Gasteiger partial charge is 0.379 e. The summed E-state index contributed by atoms with van der Waals surface area (Å²) in [5.41, 5.74) is 2.95. The van der Waals surface area contributed by atoms with Gasteiger partial charge in [0.15, 0.2) is 6.04 Å².